The van der Waals surface area contributed by atoms with E-state index in [0.717, 1.165) is 4.90 Å². The molecular weight excluding hydrogens is 914 g/mol. The fraction of sp³-hybridized carbons (Fsp3) is 0.289. The van der Waals surface area contributed by atoms with Gasteiger partial charge in [-0.2, -0.15) is 19.0 Å². The van der Waals surface area contributed by atoms with Crippen molar-refractivity contribution in [2.45, 2.75) is 56.6 Å². The second-order valence-electron chi connectivity index (χ2n) is 16.4. The van der Waals surface area contributed by atoms with Crippen LogP contribution in [0.5, 0.6) is 11.5 Å². The number of imide groups is 2. The van der Waals surface area contributed by atoms with Crippen LogP contribution in [0.25, 0.3) is 33.3 Å². The number of rotatable bonds is 13. The van der Waals surface area contributed by atoms with E-state index in [9.17, 15) is 45.6 Å². The highest BCUT2D eigenvalue weighted by Gasteiger charge is 2.46. The van der Waals surface area contributed by atoms with Crippen molar-refractivity contribution in [3.8, 4) is 33.9 Å². The Morgan fingerprint density at radius 3 is 2.43 bits per heavy atom. The van der Waals surface area contributed by atoms with Gasteiger partial charge in [0.1, 0.15) is 41.0 Å². The number of piperidine rings is 2. The van der Waals surface area contributed by atoms with Gasteiger partial charge in [-0.1, -0.05) is 24.3 Å². The topological polar surface area (TPSA) is 243 Å². The fourth-order valence-corrected chi connectivity index (χ4v) is 9.25. The summed E-state index contributed by atoms with van der Waals surface area (Å²) in [6.07, 6.45) is 5.39. The summed E-state index contributed by atoms with van der Waals surface area (Å²) >= 11 is 0. The van der Waals surface area contributed by atoms with Crippen molar-refractivity contribution in [2.24, 2.45) is 7.05 Å². The molecule has 3 aliphatic heterocycles. The average Bonchev–Trinajstić information content (AvgIpc) is 4.01. The number of pyridine rings is 1. The molecule has 2 saturated heterocycles. The molecule has 19 nitrogen and oxygen atoms in total. The molecule has 0 aliphatic carbocycles. The molecule has 352 valence electrons. The first-order chi connectivity index (χ1) is 32.5. The number of fused-ring (bicyclic) bond motifs is 2. The molecule has 0 spiro atoms. The van der Waals surface area contributed by atoms with Crippen molar-refractivity contribution in [3.63, 3.8) is 0 Å². The first kappa shape index (κ1) is 45.3. The Kier molecular flexibility index (Phi) is 11.8. The van der Waals surface area contributed by atoms with E-state index < -0.39 is 64.0 Å². The molecule has 2 atom stereocenters. The fourth-order valence-electron chi connectivity index (χ4n) is 8.68. The molecule has 3 aromatic carbocycles. The lowest BCUT2D eigenvalue weighted by molar-refractivity contribution is -0.136. The van der Waals surface area contributed by atoms with Crippen LogP contribution in [-0.2, 0) is 31.5 Å². The number of halogens is 3. The number of anilines is 2. The molecule has 4 N–H and O–H groups in total. The third-order valence-electron chi connectivity index (χ3n) is 12.2. The molecule has 0 saturated carbocycles. The Morgan fingerprint density at radius 2 is 1.71 bits per heavy atom. The number of carbonyl (C=O) groups is 5. The maximum Gasteiger partial charge on any atom is 0.355 e. The zero-order valence-corrected chi connectivity index (χ0v) is 37.0. The minimum Gasteiger partial charge on any atom is -0.484 e. The molecule has 23 heteroatoms. The van der Waals surface area contributed by atoms with E-state index in [-0.39, 0.29) is 58.9 Å². The van der Waals surface area contributed by atoms with Crippen LogP contribution in [0.2, 0.25) is 0 Å². The lowest BCUT2D eigenvalue weighted by Gasteiger charge is -2.32. The van der Waals surface area contributed by atoms with Crippen LogP contribution < -0.4 is 25.2 Å². The highest BCUT2D eigenvalue weighted by Crippen LogP contribution is 2.41. The third kappa shape index (κ3) is 8.43. The zero-order chi connectivity index (χ0) is 48.2. The summed E-state index contributed by atoms with van der Waals surface area (Å²) in [5, 5.41) is 12.0. The number of aryl methyl sites for hydroxylation is 1. The predicted octanol–water partition coefficient (Wildman–Crippen LogP) is 4.97. The van der Waals surface area contributed by atoms with E-state index in [0.29, 0.717) is 64.8 Å². The number of benzene rings is 3. The van der Waals surface area contributed by atoms with Gasteiger partial charge in [-0.3, -0.25) is 48.3 Å². The van der Waals surface area contributed by atoms with Gasteiger partial charge >= 0.3 is 5.76 Å². The molecule has 1 unspecified atom stereocenters. The number of amides is 5. The van der Waals surface area contributed by atoms with E-state index in [2.05, 4.69) is 15.4 Å². The van der Waals surface area contributed by atoms with Gasteiger partial charge in [0.15, 0.2) is 6.61 Å². The second-order valence-corrected chi connectivity index (χ2v) is 18.1. The Bertz CT molecular complexity index is 3150. The van der Waals surface area contributed by atoms with Crippen molar-refractivity contribution in [1.29, 1.82) is 0 Å². The number of alkyl halides is 2. The summed E-state index contributed by atoms with van der Waals surface area (Å²) in [6, 6.07) is 12.8. The maximum absolute atomic E-state index is 13.7. The summed E-state index contributed by atoms with van der Waals surface area (Å²) in [4.78, 5) is 71.2. The summed E-state index contributed by atoms with van der Waals surface area (Å²) in [7, 11) is -3.39. The van der Waals surface area contributed by atoms with Crippen molar-refractivity contribution >= 4 is 62.0 Å². The monoisotopic (exact) mass is 954 g/mol. The highest BCUT2D eigenvalue weighted by molar-refractivity contribution is 7.93. The van der Waals surface area contributed by atoms with Gasteiger partial charge in [-0.15, -0.1) is 0 Å². The van der Waals surface area contributed by atoms with Crippen molar-refractivity contribution in [2.75, 3.05) is 30.2 Å². The van der Waals surface area contributed by atoms with Gasteiger partial charge in [0, 0.05) is 55.6 Å². The quantitative estimate of drug-likeness (QED) is 0.130. The predicted molar refractivity (Wildman–Crippen MR) is 237 cm³/mol. The third-order valence-corrected chi connectivity index (χ3v) is 13.1. The van der Waals surface area contributed by atoms with Crippen LogP contribution in [0.3, 0.4) is 0 Å². The SMILES string of the molecule is C[C@H](Oc1cc(-c2nn(C)c3c(-c4cnn(C5CCN(C(=O)COc6cccc7c6C(=O)N(C6CCC(=O)NC6=O)C7=O)CC5)c4)cnc(N)c23)ccc1NS(=O)(=O)C(F)F)c1ccc(F)cc1. The second kappa shape index (κ2) is 17.8. The van der Waals surface area contributed by atoms with Crippen LogP contribution in [-0.4, -0.2) is 104 Å². The number of sulfonamides is 1. The van der Waals surface area contributed by atoms with E-state index >= 15 is 0 Å². The summed E-state index contributed by atoms with van der Waals surface area (Å²) in [5.41, 5.74) is 9.33. The van der Waals surface area contributed by atoms with Gasteiger partial charge in [0.2, 0.25) is 11.8 Å². The molecule has 6 heterocycles. The minimum absolute atomic E-state index is 0.000522. The number of nitrogens with two attached hydrogens (primary N) is 1. The van der Waals surface area contributed by atoms with Gasteiger partial charge in [-0.25, -0.2) is 17.8 Å². The number of aromatic nitrogens is 5. The number of hydrogen-bond acceptors (Lipinski definition) is 13. The van der Waals surface area contributed by atoms with Crippen molar-refractivity contribution in [3.05, 3.63) is 102 Å². The van der Waals surface area contributed by atoms with E-state index in [1.165, 1.54) is 60.7 Å². The lowest BCUT2D eigenvalue weighted by atomic mass is 10.0. The number of likely N-dealkylation sites (tertiary alicyclic amines) is 1. The smallest absolute Gasteiger partial charge is 0.355 e. The van der Waals surface area contributed by atoms with Crippen LogP contribution in [0.15, 0.2) is 79.3 Å². The normalized spacial score (nSPS) is 17.2. The van der Waals surface area contributed by atoms with Gasteiger partial charge in [0.25, 0.3) is 27.7 Å². The molecular formula is C45H41F3N10O9S. The number of nitrogens with one attached hydrogen (secondary N) is 2. The molecule has 6 aromatic rings. The van der Waals surface area contributed by atoms with Gasteiger partial charge < -0.3 is 20.1 Å². The van der Waals surface area contributed by atoms with Crippen LogP contribution in [0, 0.1) is 5.82 Å². The Labute approximate surface area is 385 Å². The molecule has 68 heavy (non-hydrogen) atoms. The standard InChI is InChI=1S/C45H41F3N10O9S/c1-23(24-6-9-27(46)10-7-24)67-34-18-25(8-11-31(34)54-68(64,65)45(47)48)39-38-40(55(2)53-39)30(20-50-41(38)49)26-19-51-57(21-26)28-14-16-56(17-15-28)36(60)22-66-33-5-3-4-29-37(33)44(63)58(43(29)62)32-12-13-35(59)52-42(32)61/h3-11,18-21,23,28,32,45,54H,12-17,22H2,1-2H3,(H2,49,50)(H,52,59,61)/t23-,32?/m0/s1. The van der Waals surface area contributed by atoms with E-state index in [1.807, 2.05) is 15.6 Å². The number of carbonyl (C=O) groups excluding carboxylic acids is 5. The van der Waals surface area contributed by atoms with Gasteiger partial charge in [-0.05, 0) is 68.1 Å². The molecule has 3 aromatic heterocycles. The first-order valence-electron chi connectivity index (χ1n) is 21.3. The van der Waals surface area contributed by atoms with E-state index in [4.69, 9.17) is 20.3 Å². The highest BCUT2D eigenvalue weighted by atomic mass is 32.2. The molecule has 0 radical (unpaired) electrons. The Hall–Kier alpha value is -7.82. The van der Waals surface area contributed by atoms with Crippen molar-refractivity contribution in [1.82, 2.24) is 39.7 Å². The number of ether oxygens (including phenoxy) is 2. The summed E-state index contributed by atoms with van der Waals surface area (Å²) in [6.45, 7) is 1.95. The zero-order valence-electron chi connectivity index (χ0n) is 36.2. The number of nitrogen functional groups attached to an aromatic ring is 1. The largest absolute Gasteiger partial charge is 0.484 e. The molecule has 0 bridgehead atoms. The number of hydrogen-bond donors (Lipinski definition) is 3. The molecule has 2 fully saturated rings. The average molecular weight is 955 g/mol. The lowest BCUT2D eigenvalue weighted by Crippen LogP contribution is -2.54. The Balaban J connectivity index is 0.895. The molecule has 5 amide bonds. The van der Waals surface area contributed by atoms with Crippen LogP contribution in [0.1, 0.15) is 71.0 Å². The summed E-state index contributed by atoms with van der Waals surface area (Å²) < 4.78 is 82.3. The summed E-state index contributed by atoms with van der Waals surface area (Å²) in [5.74, 6) is -7.16. The maximum atomic E-state index is 13.7. The van der Waals surface area contributed by atoms with Crippen LogP contribution in [0.4, 0.5) is 24.7 Å². The Morgan fingerprint density at radius 1 is 0.956 bits per heavy atom. The first-order valence-corrected chi connectivity index (χ1v) is 22.8. The molecule has 9 rings (SSSR count). The minimum atomic E-state index is -5.09. The van der Waals surface area contributed by atoms with E-state index in [1.54, 1.807) is 35.9 Å². The molecule has 3 aliphatic rings. The van der Waals surface area contributed by atoms with Crippen molar-refractivity contribution < 1.29 is 55.0 Å². The van der Waals surface area contributed by atoms with Crippen LogP contribution >= 0.6 is 0 Å². The van der Waals surface area contributed by atoms with Gasteiger partial charge in [0.05, 0.1) is 40.0 Å². The number of nitrogens with zero attached hydrogens (tertiary/aromatic N) is 7.